The molecular formula is C16H24ClFO. The van der Waals surface area contributed by atoms with E-state index in [0.717, 1.165) is 18.4 Å². The molecule has 0 fully saturated rings. The predicted octanol–water partition coefficient (Wildman–Crippen LogP) is 5.13. The minimum absolute atomic E-state index is 0.129. The van der Waals surface area contributed by atoms with E-state index in [1.165, 1.54) is 38.2 Å². The van der Waals surface area contributed by atoms with E-state index in [9.17, 15) is 9.50 Å². The van der Waals surface area contributed by atoms with Crippen molar-refractivity contribution in [3.05, 3.63) is 34.6 Å². The molecule has 19 heavy (non-hydrogen) atoms. The standard InChI is InChI=1S/C16H24ClFO/c1-2-3-4-5-6-7-8-14(19)11-13-9-10-16(18)15(17)12-13/h9-10,12,14,19H,2-8,11H2,1H3. The average molecular weight is 287 g/mol. The fourth-order valence-electron chi connectivity index (χ4n) is 2.20. The SMILES string of the molecule is CCCCCCCCC(O)Cc1ccc(F)c(Cl)c1. The summed E-state index contributed by atoms with van der Waals surface area (Å²) in [6.45, 7) is 2.21. The number of aliphatic hydroxyl groups is 1. The zero-order valence-corrected chi connectivity index (χ0v) is 12.4. The molecule has 1 N–H and O–H groups in total. The van der Waals surface area contributed by atoms with E-state index in [2.05, 4.69) is 6.92 Å². The van der Waals surface area contributed by atoms with E-state index < -0.39 is 5.82 Å². The van der Waals surface area contributed by atoms with Gasteiger partial charge in [-0.15, -0.1) is 0 Å². The highest BCUT2D eigenvalue weighted by Crippen LogP contribution is 2.18. The maximum atomic E-state index is 13.0. The Kier molecular flexibility index (Phi) is 8.08. The second-order valence-electron chi connectivity index (χ2n) is 5.16. The van der Waals surface area contributed by atoms with E-state index in [1.54, 1.807) is 12.1 Å². The van der Waals surface area contributed by atoms with Crippen molar-refractivity contribution in [1.82, 2.24) is 0 Å². The first-order valence-corrected chi connectivity index (χ1v) is 7.63. The van der Waals surface area contributed by atoms with Crippen LogP contribution in [-0.4, -0.2) is 11.2 Å². The summed E-state index contributed by atoms with van der Waals surface area (Å²) < 4.78 is 13.0. The van der Waals surface area contributed by atoms with Gasteiger partial charge >= 0.3 is 0 Å². The van der Waals surface area contributed by atoms with E-state index in [0.29, 0.717) is 6.42 Å². The van der Waals surface area contributed by atoms with Gasteiger partial charge in [0, 0.05) is 0 Å². The summed E-state index contributed by atoms with van der Waals surface area (Å²) in [5, 5.41) is 10.1. The third-order valence-corrected chi connectivity index (χ3v) is 3.64. The lowest BCUT2D eigenvalue weighted by molar-refractivity contribution is 0.161. The molecule has 0 saturated heterocycles. The first kappa shape index (κ1) is 16.5. The van der Waals surface area contributed by atoms with Gasteiger partial charge < -0.3 is 5.11 Å². The molecule has 0 amide bonds. The molecule has 0 spiro atoms. The molecule has 0 saturated carbocycles. The summed E-state index contributed by atoms with van der Waals surface area (Å²) in [7, 11) is 0. The quantitative estimate of drug-likeness (QED) is 0.624. The van der Waals surface area contributed by atoms with Crippen LogP contribution in [0.1, 0.15) is 57.4 Å². The smallest absolute Gasteiger partial charge is 0.141 e. The third kappa shape index (κ3) is 6.93. The van der Waals surface area contributed by atoms with Crippen LogP contribution >= 0.6 is 11.6 Å². The zero-order chi connectivity index (χ0) is 14.1. The summed E-state index contributed by atoms with van der Waals surface area (Å²) in [6, 6.07) is 4.64. The number of unbranched alkanes of at least 4 members (excludes halogenated alkanes) is 5. The van der Waals surface area contributed by atoms with Crippen LogP contribution in [0.4, 0.5) is 4.39 Å². The molecule has 0 bridgehead atoms. The van der Waals surface area contributed by atoms with Gasteiger partial charge in [-0.1, -0.05) is 63.1 Å². The van der Waals surface area contributed by atoms with Gasteiger partial charge in [0.15, 0.2) is 0 Å². The molecule has 1 unspecified atom stereocenters. The van der Waals surface area contributed by atoms with Crippen molar-refractivity contribution < 1.29 is 9.50 Å². The molecule has 1 atom stereocenters. The Hall–Kier alpha value is -0.600. The van der Waals surface area contributed by atoms with Crippen molar-refractivity contribution in [2.24, 2.45) is 0 Å². The zero-order valence-electron chi connectivity index (χ0n) is 11.7. The van der Waals surface area contributed by atoms with Gasteiger partial charge in [0.2, 0.25) is 0 Å². The van der Waals surface area contributed by atoms with Crippen LogP contribution in [-0.2, 0) is 6.42 Å². The minimum Gasteiger partial charge on any atom is -0.393 e. The number of rotatable bonds is 9. The monoisotopic (exact) mass is 286 g/mol. The fraction of sp³-hybridized carbons (Fsp3) is 0.625. The molecule has 0 radical (unpaired) electrons. The molecular weight excluding hydrogens is 263 g/mol. The maximum absolute atomic E-state index is 13.0. The fourth-order valence-corrected chi connectivity index (χ4v) is 2.40. The van der Waals surface area contributed by atoms with Crippen molar-refractivity contribution in [3.8, 4) is 0 Å². The number of halogens is 2. The number of hydrogen-bond donors (Lipinski definition) is 1. The molecule has 0 heterocycles. The van der Waals surface area contributed by atoms with Gasteiger partial charge in [-0.05, 0) is 30.5 Å². The first-order valence-electron chi connectivity index (χ1n) is 7.25. The minimum atomic E-state index is -0.407. The van der Waals surface area contributed by atoms with Crippen LogP contribution in [0.3, 0.4) is 0 Å². The van der Waals surface area contributed by atoms with Gasteiger partial charge in [0.05, 0.1) is 11.1 Å². The topological polar surface area (TPSA) is 20.2 Å². The van der Waals surface area contributed by atoms with E-state index >= 15 is 0 Å². The highest BCUT2D eigenvalue weighted by Gasteiger charge is 2.07. The maximum Gasteiger partial charge on any atom is 0.141 e. The third-order valence-electron chi connectivity index (χ3n) is 3.35. The molecule has 0 aliphatic rings. The largest absolute Gasteiger partial charge is 0.393 e. The molecule has 0 aromatic heterocycles. The molecule has 0 aliphatic carbocycles. The van der Waals surface area contributed by atoms with Crippen molar-refractivity contribution >= 4 is 11.6 Å². The van der Waals surface area contributed by atoms with Gasteiger partial charge in [-0.3, -0.25) is 0 Å². The van der Waals surface area contributed by atoms with Crippen LogP contribution in [0.5, 0.6) is 0 Å². The van der Waals surface area contributed by atoms with E-state index in [1.807, 2.05) is 0 Å². The Morgan fingerprint density at radius 1 is 1.16 bits per heavy atom. The summed E-state index contributed by atoms with van der Waals surface area (Å²) in [6.07, 6.45) is 8.35. The highest BCUT2D eigenvalue weighted by molar-refractivity contribution is 6.30. The number of benzene rings is 1. The van der Waals surface area contributed by atoms with Gasteiger partial charge in [0.1, 0.15) is 5.82 Å². The summed E-state index contributed by atoms with van der Waals surface area (Å²) in [4.78, 5) is 0. The predicted molar refractivity (Wildman–Crippen MR) is 79.1 cm³/mol. The normalized spacial score (nSPS) is 12.6. The number of aliphatic hydroxyl groups excluding tert-OH is 1. The Morgan fingerprint density at radius 3 is 2.53 bits per heavy atom. The van der Waals surface area contributed by atoms with E-state index in [4.69, 9.17) is 11.6 Å². The molecule has 1 aromatic carbocycles. The number of hydrogen-bond acceptors (Lipinski definition) is 1. The Balaban J connectivity index is 2.19. The second-order valence-corrected chi connectivity index (χ2v) is 5.57. The Bertz CT molecular complexity index is 368. The van der Waals surface area contributed by atoms with Crippen molar-refractivity contribution in [1.29, 1.82) is 0 Å². The van der Waals surface area contributed by atoms with Crippen molar-refractivity contribution in [3.63, 3.8) is 0 Å². The van der Waals surface area contributed by atoms with Crippen molar-refractivity contribution in [2.75, 3.05) is 0 Å². The van der Waals surface area contributed by atoms with Gasteiger partial charge in [-0.25, -0.2) is 4.39 Å². The molecule has 3 heteroatoms. The first-order chi connectivity index (χ1) is 9.13. The van der Waals surface area contributed by atoms with Crippen LogP contribution in [0.15, 0.2) is 18.2 Å². The lowest BCUT2D eigenvalue weighted by atomic mass is 10.0. The average Bonchev–Trinajstić information content (AvgIpc) is 2.38. The lowest BCUT2D eigenvalue weighted by Gasteiger charge is -2.11. The van der Waals surface area contributed by atoms with Crippen LogP contribution in [0.25, 0.3) is 0 Å². The molecule has 1 nitrogen and oxygen atoms in total. The van der Waals surface area contributed by atoms with Crippen LogP contribution in [0, 0.1) is 5.82 Å². The molecule has 0 aliphatic heterocycles. The Morgan fingerprint density at radius 2 is 1.84 bits per heavy atom. The van der Waals surface area contributed by atoms with Gasteiger partial charge in [-0.2, -0.15) is 0 Å². The molecule has 1 aromatic rings. The van der Waals surface area contributed by atoms with E-state index in [-0.39, 0.29) is 11.1 Å². The van der Waals surface area contributed by atoms with Gasteiger partial charge in [0.25, 0.3) is 0 Å². The summed E-state index contributed by atoms with van der Waals surface area (Å²) in [5.74, 6) is -0.407. The summed E-state index contributed by atoms with van der Waals surface area (Å²) in [5.41, 5.74) is 0.893. The molecule has 108 valence electrons. The lowest BCUT2D eigenvalue weighted by Crippen LogP contribution is -2.10. The highest BCUT2D eigenvalue weighted by atomic mass is 35.5. The van der Waals surface area contributed by atoms with Crippen LogP contribution in [0.2, 0.25) is 5.02 Å². The van der Waals surface area contributed by atoms with Crippen molar-refractivity contribution in [2.45, 2.75) is 64.4 Å². The summed E-state index contributed by atoms with van der Waals surface area (Å²) >= 11 is 5.72. The second kappa shape index (κ2) is 9.33. The Labute approximate surface area is 120 Å². The van der Waals surface area contributed by atoms with Crippen LogP contribution < -0.4 is 0 Å². The molecule has 1 rings (SSSR count).